The second-order valence-electron chi connectivity index (χ2n) is 7.88. The number of anilines is 1. The summed E-state index contributed by atoms with van der Waals surface area (Å²) in [4.78, 5) is 18.5. The Balaban J connectivity index is 1.31. The monoisotopic (exact) mass is 379 g/mol. The number of rotatable bonds is 3. The van der Waals surface area contributed by atoms with E-state index in [0.29, 0.717) is 18.4 Å². The number of halogens is 2. The standard InChI is InChI=1S/C20H27F2N3O2/c1-2-27-18-5-3-17(4-6-18)24-11-15-13-25(14-16(15)12-24)19(26)23-9-7-20(21,22)8-10-23/h3-6,15-16H,2,7-14H2,1H3. The Morgan fingerprint density at radius 2 is 1.63 bits per heavy atom. The second kappa shape index (κ2) is 7.17. The van der Waals surface area contributed by atoms with Gasteiger partial charge in [-0.3, -0.25) is 0 Å². The molecular weight excluding hydrogens is 352 g/mol. The van der Waals surface area contributed by atoms with Crippen LogP contribution in [0.25, 0.3) is 0 Å². The van der Waals surface area contributed by atoms with Gasteiger partial charge < -0.3 is 19.4 Å². The predicted octanol–water partition coefficient (Wildman–Crippen LogP) is 3.30. The number of carbonyl (C=O) groups excluding carboxylic acids is 1. The van der Waals surface area contributed by atoms with Crippen LogP contribution < -0.4 is 9.64 Å². The van der Waals surface area contributed by atoms with E-state index in [1.807, 2.05) is 24.0 Å². The first-order valence-corrected chi connectivity index (χ1v) is 9.84. The Hall–Kier alpha value is -2.05. The van der Waals surface area contributed by atoms with Crippen LogP contribution in [0.15, 0.2) is 24.3 Å². The van der Waals surface area contributed by atoms with Gasteiger partial charge in [-0.1, -0.05) is 0 Å². The lowest BCUT2D eigenvalue weighted by Gasteiger charge is -2.34. The number of alkyl halides is 2. The Bertz CT molecular complexity index is 658. The first kappa shape index (κ1) is 18.3. The third kappa shape index (κ3) is 3.82. The van der Waals surface area contributed by atoms with Gasteiger partial charge in [0.15, 0.2) is 0 Å². The highest BCUT2D eigenvalue weighted by atomic mass is 19.3. The highest BCUT2D eigenvalue weighted by Gasteiger charge is 2.44. The Morgan fingerprint density at radius 1 is 1.04 bits per heavy atom. The zero-order valence-corrected chi connectivity index (χ0v) is 15.7. The van der Waals surface area contributed by atoms with Gasteiger partial charge in [-0.2, -0.15) is 0 Å². The summed E-state index contributed by atoms with van der Waals surface area (Å²) in [6.07, 6.45) is -0.435. The number of nitrogens with zero attached hydrogens (tertiary/aromatic N) is 3. The van der Waals surface area contributed by atoms with Crippen LogP contribution in [0.2, 0.25) is 0 Å². The number of hydrogen-bond donors (Lipinski definition) is 0. The van der Waals surface area contributed by atoms with Crippen LogP contribution in [0, 0.1) is 11.8 Å². The molecule has 0 saturated carbocycles. The summed E-state index contributed by atoms with van der Waals surface area (Å²) < 4.78 is 32.1. The minimum Gasteiger partial charge on any atom is -0.494 e. The summed E-state index contributed by atoms with van der Waals surface area (Å²) in [6, 6.07) is 8.10. The van der Waals surface area contributed by atoms with Gasteiger partial charge in [-0.15, -0.1) is 0 Å². The third-order valence-corrected chi connectivity index (χ3v) is 6.04. The Labute approximate surface area is 158 Å². The van der Waals surface area contributed by atoms with E-state index >= 15 is 0 Å². The normalized spacial score (nSPS) is 27.0. The van der Waals surface area contributed by atoms with Crippen LogP contribution in [0.1, 0.15) is 19.8 Å². The number of ether oxygens (including phenoxy) is 1. The fourth-order valence-corrected chi connectivity index (χ4v) is 4.51. The maximum Gasteiger partial charge on any atom is 0.320 e. The van der Waals surface area contributed by atoms with Crippen molar-refractivity contribution in [3.05, 3.63) is 24.3 Å². The van der Waals surface area contributed by atoms with Crippen molar-refractivity contribution >= 4 is 11.7 Å². The molecule has 1 aromatic carbocycles. The van der Waals surface area contributed by atoms with E-state index in [-0.39, 0.29) is 32.0 Å². The minimum absolute atomic E-state index is 0.0625. The summed E-state index contributed by atoms with van der Waals surface area (Å²) in [5.74, 6) is -0.834. The largest absolute Gasteiger partial charge is 0.494 e. The number of piperidine rings is 1. The van der Waals surface area contributed by atoms with E-state index < -0.39 is 5.92 Å². The number of carbonyl (C=O) groups is 1. The molecule has 1 aromatic rings. The van der Waals surface area contributed by atoms with Crippen molar-refractivity contribution in [2.75, 3.05) is 50.8 Å². The molecule has 5 nitrogen and oxygen atoms in total. The van der Waals surface area contributed by atoms with E-state index in [4.69, 9.17) is 4.74 Å². The molecule has 27 heavy (non-hydrogen) atoms. The van der Waals surface area contributed by atoms with Gasteiger partial charge in [-0.05, 0) is 31.2 Å². The number of amides is 2. The van der Waals surface area contributed by atoms with Crippen LogP contribution in [0.3, 0.4) is 0 Å². The fourth-order valence-electron chi connectivity index (χ4n) is 4.51. The van der Waals surface area contributed by atoms with Crippen LogP contribution in [0.5, 0.6) is 5.75 Å². The van der Waals surface area contributed by atoms with Crippen molar-refractivity contribution in [3.8, 4) is 5.75 Å². The molecule has 0 N–H and O–H groups in total. The summed E-state index contributed by atoms with van der Waals surface area (Å²) in [5, 5.41) is 0. The van der Waals surface area contributed by atoms with Crippen molar-refractivity contribution in [2.24, 2.45) is 11.8 Å². The number of urea groups is 1. The Morgan fingerprint density at radius 3 is 2.19 bits per heavy atom. The molecule has 2 atom stereocenters. The molecule has 3 heterocycles. The zero-order valence-electron chi connectivity index (χ0n) is 15.7. The molecule has 3 fully saturated rings. The maximum atomic E-state index is 13.3. The second-order valence-corrected chi connectivity index (χ2v) is 7.88. The van der Waals surface area contributed by atoms with Crippen molar-refractivity contribution in [3.63, 3.8) is 0 Å². The van der Waals surface area contributed by atoms with Gasteiger partial charge in [0.25, 0.3) is 5.92 Å². The molecule has 7 heteroatoms. The lowest BCUT2D eigenvalue weighted by molar-refractivity contribution is -0.0489. The predicted molar refractivity (Wildman–Crippen MR) is 99.5 cm³/mol. The smallest absolute Gasteiger partial charge is 0.320 e. The minimum atomic E-state index is -2.61. The lowest BCUT2D eigenvalue weighted by atomic mass is 10.0. The molecule has 2 amide bonds. The Kier molecular flexibility index (Phi) is 4.86. The highest BCUT2D eigenvalue weighted by Crippen LogP contribution is 2.35. The van der Waals surface area contributed by atoms with E-state index in [9.17, 15) is 13.6 Å². The topological polar surface area (TPSA) is 36.0 Å². The molecule has 3 aliphatic heterocycles. The summed E-state index contributed by atoms with van der Waals surface area (Å²) >= 11 is 0. The van der Waals surface area contributed by atoms with Crippen molar-refractivity contribution in [2.45, 2.75) is 25.7 Å². The quantitative estimate of drug-likeness (QED) is 0.809. The van der Waals surface area contributed by atoms with E-state index in [2.05, 4.69) is 17.0 Å². The van der Waals surface area contributed by atoms with Crippen molar-refractivity contribution < 1.29 is 18.3 Å². The summed E-state index contributed by atoms with van der Waals surface area (Å²) in [6.45, 7) is 6.27. The molecule has 2 unspecified atom stereocenters. The summed E-state index contributed by atoms with van der Waals surface area (Å²) in [7, 11) is 0. The zero-order chi connectivity index (χ0) is 19.0. The number of hydrogen-bond acceptors (Lipinski definition) is 3. The molecule has 3 saturated heterocycles. The highest BCUT2D eigenvalue weighted by molar-refractivity contribution is 5.75. The van der Waals surface area contributed by atoms with Gasteiger partial charge in [0.1, 0.15) is 5.75 Å². The van der Waals surface area contributed by atoms with Gasteiger partial charge in [0, 0.05) is 69.6 Å². The molecule has 3 aliphatic rings. The molecule has 0 bridgehead atoms. The maximum absolute atomic E-state index is 13.3. The van der Waals surface area contributed by atoms with Gasteiger partial charge in [-0.25, -0.2) is 13.6 Å². The van der Waals surface area contributed by atoms with Gasteiger partial charge in [0.05, 0.1) is 6.61 Å². The van der Waals surface area contributed by atoms with E-state index in [0.717, 1.165) is 31.9 Å². The average molecular weight is 379 g/mol. The summed E-state index contributed by atoms with van der Waals surface area (Å²) in [5.41, 5.74) is 1.18. The molecule has 0 spiro atoms. The first-order valence-electron chi connectivity index (χ1n) is 9.84. The average Bonchev–Trinajstić information content (AvgIpc) is 3.21. The fraction of sp³-hybridized carbons (Fsp3) is 0.650. The molecule has 0 radical (unpaired) electrons. The third-order valence-electron chi connectivity index (χ3n) is 6.04. The SMILES string of the molecule is CCOc1ccc(N2CC3CN(C(=O)N4CCC(F)(F)CC4)CC3C2)cc1. The molecule has 148 valence electrons. The molecule has 0 aromatic heterocycles. The van der Waals surface area contributed by atoms with Crippen LogP contribution in [0.4, 0.5) is 19.3 Å². The van der Waals surface area contributed by atoms with Crippen LogP contribution in [-0.4, -0.2) is 67.6 Å². The van der Waals surface area contributed by atoms with Crippen LogP contribution >= 0.6 is 0 Å². The molecule has 4 rings (SSSR count). The van der Waals surface area contributed by atoms with E-state index in [1.54, 1.807) is 4.90 Å². The van der Waals surface area contributed by atoms with Crippen molar-refractivity contribution in [1.29, 1.82) is 0 Å². The van der Waals surface area contributed by atoms with E-state index in [1.165, 1.54) is 5.69 Å². The number of benzene rings is 1. The van der Waals surface area contributed by atoms with Gasteiger partial charge in [0.2, 0.25) is 0 Å². The molecule has 0 aliphatic carbocycles. The first-order chi connectivity index (χ1) is 12.9. The number of fused-ring (bicyclic) bond motifs is 1. The van der Waals surface area contributed by atoms with Gasteiger partial charge >= 0.3 is 6.03 Å². The van der Waals surface area contributed by atoms with Crippen LogP contribution in [-0.2, 0) is 0 Å². The number of likely N-dealkylation sites (tertiary alicyclic amines) is 2. The van der Waals surface area contributed by atoms with Crippen molar-refractivity contribution in [1.82, 2.24) is 9.80 Å². The molecular formula is C20H27F2N3O2. The lowest BCUT2D eigenvalue weighted by Crippen LogP contribution is -2.48.